The fourth-order valence-corrected chi connectivity index (χ4v) is 1.98. The monoisotopic (exact) mass is 251 g/mol. The first-order valence-corrected chi connectivity index (χ1v) is 6.39. The summed E-state index contributed by atoms with van der Waals surface area (Å²) in [5.74, 6) is 1.18. The number of nitrogens with zero attached hydrogens (tertiary/aromatic N) is 2. The molecule has 100 valence electrons. The fourth-order valence-electron chi connectivity index (χ4n) is 1.98. The topological polar surface area (TPSA) is 56.3 Å². The third-order valence-corrected chi connectivity index (χ3v) is 2.83. The molecular weight excluding hydrogens is 230 g/mol. The molecule has 1 aromatic heterocycles. The summed E-state index contributed by atoms with van der Waals surface area (Å²) in [5.41, 5.74) is 1.05. The highest BCUT2D eigenvalue weighted by Crippen LogP contribution is 2.22. The molecule has 1 N–H and O–H groups in total. The molecule has 0 radical (unpaired) electrons. The van der Waals surface area contributed by atoms with Gasteiger partial charge in [0.1, 0.15) is 17.7 Å². The SMILES string of the molecule is CCc1cc(NCC2COC(C)(C)O2)nc(C)n1. The number of hydrogen-bond donors (Lipinski definition) is 1. The summed E-state index contributed by atoms with van der Waals surface area (Å²) < 4.78 is 11.2. The molecule has 5 heteroatoms. The average Bonchev–Trinajstić information content (AvgIpc) is 2.65. The Morgan fingerprint density at radius 2 is 2.22 bits per heavy atom. The van der Waals surface area contributed by atoms with Crippen molar-refractivity contribution in [3.8, 4) is 0 Å². The summed E-state index contributed by atoms with van der Waals surface area (Å²) in [6, 6.07) is 1.98. The van der Waals surface area contributed by atoms with E-state index in [1.54, 1.807) is 0 Å². The molecule has 0 aromatic carbocycles. The second-order valence-corrected chi connectivity index (χ2v) is 4.98. The second kappa shape index (κ2) is 5.20. The summed E-state index contributed by atoms with van der Waals surface area (Å²) in [4.78, 5) is 8.71. The molecule has 1 saturated heterocycles. The van der Waals surface area contributed by atoms with Gasteiger partial charge < -0.3 is 14.8 Å². The molecule has 1 aromatic rings. The number of nitrogens with one attached hydrogen (secondary N) is 1. The average molecular weight is 251 g/mol. The van der Waals surface area contributed by atoms with Crippen molar-refractivity contribution in [2.75, 3.05) is 18.5 Å². The number of anilines is 1. The van der Waals surface area contributed by atoms with Crippen LogP contribution in [-0.4, -0.2) is 35.0 Å². The smallest absolute Gasteiger partial charge is 0.163 e. The lowest BCUT2D eigenvalue weighted by Gasteiger charge is -2.17. The second-order valence-electron chi connectivity index (χ2n) is 4.98. The van der Waals surface area contributed by atoms with Crippen LogP contribution >= 0.6 is 0 Å². The molecule has 1 aliphatic heterocycles. The molecule has 18 heavy (non-hydrogen) atoms. The van der Waals surface area contributed by atoms with Crippen LogP contribution in [0.4, 0.5) is 5.82 Å². The van der Waals surface area contributed by atoms with Crippen LogP contribution in [-0.2, 0) is 15.9 Å². The summed E-state index contributed by atoms with van der Waals surface area (Å²) in [7, 11) is 0. The quantitative estimate of drug-likeness (QED) is 0.886. The maximum Gasteiger partial charge on any atom is 0.163 e. The van der Waals surface area contributed by atoms with E-state index in [-0.39, 0.29) is 6.10 Å². The highest BCUT2D eigenvalue weighted by molar-refractivity contribution is 5.36. The molecular formula is C13H21N3O2. The number of hydrogen-bond acceptors (Lipinski definition) is 5. The van der Waals surface area contributed by atoms with Crippen molar-refractivity contribution in [3.63, 3.8) is 0 Å². The van der Waals surface area contributed by atoms with Gasteiger partial charge in [0.15, 0.2) is 5.79 Å². The summed E-state index contributed by atoms with van der Waals surface area (Å²) in [5, 5.41) is 3.28. The molecule has 1 unspecified atom stereocenters. The van der Waals surface area contributed by atoms with Gasteiger partial charge in [0.05, 0.1) is 6.61 Å². The van der Waals surface area contributed by atoms with Crippen molar-refractivity contribution >= 4 is 5.82 Å². The summed E-state index contributed by atoms with van der Waals surface area (Å²) >= 11 is 0. The molecule has 0 bridgehead atoms. The molecule has 1 fully saturated rings. The van der Waals surface area contributed by atoms with Crippen LogP contribution in [0.3, 0.4) is 0 Å². The Labute approximate surface area is 108 Å². The molecule has 1 atom stereocenters. The normalized spacial score (nSPS) is 22.1. The van der Waals surface area contributed by atoms with E-state index < -0.39 is 5.79 Å². The zero-order valence-electron chi connectivity index (χ0n) is 11.5. The van der Waals surface area contributed by atoms with Crippen molar-refractivity contribution < 1.29 is 9.47 Å². The maximum atomic E-state index is 5.73. The van der Waals surface area contributed by atoms with Gasteiger partial charge in [-0.05, 0) is 27.2 Å². The van der Waals surface area contributed by atoms with Gasteiger partial charge in [-0.15, -0.1) is 0 Å². The van der Waals surface area contributed by atoms with Gasteiger partial charge in [-0.2, -0.15) is 0 Å². The number of rotatable bonds is 4. The lowest BCUT2D eigenvalue weighted by molar-refractivity contribution is -0.136. The number of aryl methyl sites for hydroxylation is 2. The van der Waals surface area contributed by atoms with E-state index in [2.05, 4.69) is 22.2 Å². The Morgan fingerprint density at radius 1 is 1.44 bits per heavy atom. The maximum absolute atomic E-state index is 5.73. The van der Waals surface area contributed by atoms with E-state index in [4.69, 9.17) is 9.47 Å². The van der Waals surface area contributed by atoms with Crippen molar-refractivity contribution in [1.82, 2.24) is 9.97 Å². The van der Waals surface area contributed by atoms with Crippen molar-refractivity contribution in [3.05, 3.63) is 17.6 Å². The summed E-state index contributed by atoms with van der Waals surface area (Å²) in [6.07, 6.45) is 0.981. The minimum Gasteiger partial charge on any atom is -0.367 e. The molecule has 0 amide bonds. The molecule has 1 aliphatic rings. The highest BCUT2D eigenvalue weighted by atomic mass is 16.7. The van der Waals surface area contributed by atoms with Gasteiger partial charge in [0, 0.05) is 18.3 Å². The van der Waals surface area contributed by atoms with Crippen LogP contribution in [0.5, 0.6) is 0 Å². The van der Waals surface area contributed by atoms with Gasteiger partial charge in [0.2, 0.25) is 0 Å². The molecule has 0 aliphatic carbocycles. The predicted octanol–water partition coefficient (Wildman–Crippen LogP) is 1.91. The van der Waals surface area contributed by atoms with Crippen LogP contribution in [0.1, 0.15) is 32.3 Å². The van der Waals surface area contributed by atoms with Crippen molar-refractivity contribution in [1.29, 1.82) is 0 Å². The third kappa shape index (κ3) is 3.40. The van der Waals surface area contributed by atoms with Gasteiger partial charge >= 0.3 is 0 Å². The minimum absolute atomic E-state index is 0.0698. The van der Waals surface area contributed by atoms with Gasteiger partial charge in [-0.3, -0.25) is 0 Å². The van der Waals surface area contributed by atoms with Crippen molar-refractivity contribution in [2.24, 2.45) is 0 Å². The largest absolute Gasteiger partial charge is 0.367 e. The zero-order chi connectivity index (χ0) is 13.2. The van der Waals surface area contributed by atoms with Crippen LogP contribution in [0.15, 0.2) is 6.07 Å². The first-order chi connectivity index (χ1) is 8.48. The molecule has 2 heterocycles. The molecule has 0 spiro atoms. The fraction of sp³-hybridized carbons (Fsp3) is 0.692. The van der Waals surface area contributed by atoms with E-state index in [0.717, 1.165) is 23.8 Å². The summed E-state index contributed by atoms with van der Waals surface area (Å²) in [6.45, 7) is 9.16. The Kier molecular flexibility index (Phi) is 3.82. The lowest BCUT2D eigenvalue weighted by atomic mass is 10.3. The molecule has 2 rings (SSSR count). The van der Waals surface area contributed by atoms with Crippen molar-refractivity contribution in [2.45, 2.75) is 46.0 Å². The highest BCUT2D eigenvalue weighted by Gasteiger charge is 2.32. The van der Waals surface area contributed by atoms with E-state index in [1.165, 1.54) is 0 Å². The Morgan fingerprint density at radius 3 is 2.83 bits per heavy atom. The standard InChI is InChI=1S/C13H21N3O2/c1-5-10-6-12(16-9(2)15-10)14-7-11-8-17-13(3,4)18-11/h6,11H,5,7-8H2,1-4H3,(H,14,15,16). The van der Waals surface area contributed by atoms with Crippen LogP contribution in [0, 0.1) is 6.92 Å². The molecule has 5 nitrogen and oxygen atoms in total. The van der Waals surface area contributed by atoms with E-state index in [1.807, 2.05) is 26.8 Å². The van der Waals surface area contributed by atoms with Gasteiger partial charge in [0.25, 0.3) is 0 Å². The van der Waals surface area contributed by atoms with Crippen LogP contribution in [0.25, 0.3) is 0 Å². The van der Waals surface area contributed by atoms with Gasteiger partial charge in [-0.25, -0.2) is 9.97 Å². The Bertz CT molecular complexity index is 421. The Balaban J connectivity index is 1.92. The van der Waals surface area contributed by atoms with Gasteiger partial charge in [-0.1, -0.05) is 6.92 Å². The first-order valence-electron chi connectivity index (χ1n) is 6.39. The van der Waals surface area contributed by atoms with Crippen LogP contribution in [0.2, 0.25) is 0 Å². The molecule has 0 saturated carbocycles. The third-order valence-electron chi connectivity index (χ3n) is 2.83. The van der Waals surface area contributed by atoms with E-state index in [9.17, 15) is 0 Å². The minimum atomic E-state index is -0.470. The number of ether oxygens (including phenoxy) is 2. The van der Waals surface area contributed by atoms with Crippen LogP contribution < -0.4 is 5.32 Å². The lowest BCUT2D eigenvalue weighted by Crippen LogP contribution is -2.26. The Hall–Kier alpha value is -1.20. The van der Waals surface area contributed by atoms with E-state index >= 15 is 0 Å². The predicted molar refractivity (Wildman–Crippen MR) is 69.5 cm³/mol. The van der Waals surface area contributed by atoms with E-state index in [0.29, 0.717) is 13.2 Å². The zero-order valence-corrected chi connectivity index (χ0v) is 11.5. The first kappa shape index (κ1) is 13.2. The number of aromatic nitrogens is 2.